The SMILES string of the molecule is CNc1ccc(C(=O)N2CCN(C(C)(C)C)CC2)cc1C. The summed E-state index contributed by atoms with van der Waals surface area (Å²) in [5.74, 6) is 0.148. The first-order valence-corrected chi connectivity index (χ1v) is 7.65. The second-order valence-electron chi connectivity index (χ2n) is 6.73. The molecule has 1 aromatic carbocycles. The second-order valence-corrected chi connectivity index (χ2v) is 6.73. The van der Waals surface area contributed by atoms with Crippen molar-refractivity contribution < 1.29 is 4.79 Å². The van der Waals surface area contributed by atoms with Crippen LogP contribution in [-0.2, 0) is 0 Å². The number of aryl methyl sites for hydroxylation is 1. The lowest BCUT2D eigenvalue weighted by molar-refractivity contribution is 0.0451. The summed E-state index contributed by atoms with van der Waals surface area (Å²) in [6.45, 7) is 12.2. The minimum absolute atomic E-state index is 0.148. The van der Waals surface area contributed by atoms with Crippen LogP contribution >= 0.6 is 0 Å². The molecular weight excluding hydrogens is 262 g/mol. The van der Waals surface area contributed by atoms with Crippen LogP contribution in [-0.4, -0.2) is 54.5 Å². The maximum atomic E-state index is 12.6. The number of rotatable bonds is 2. The molecule has 21 heavy (non-hydrogen) atoms. The van der Waals surface area contributed by atoms with Crippen molar-refractivity contribution in [2.45, 2.75) is 33.2 Å². The van der Waals surface area contributed by atoms with Crippen molar-refractivity contribution in [3.8, 4) is 0 Å². The van der Waals surface area contributed by atoms with E-state index in [2.05, 4.69) is 31.0 Å². The fourth-order valence-electron chi connectivity index (χ4n) is 2.84. The first-order valence-electron chi connectivity index (χ1n) is 7.65. The van der Waals surface area contributed by atoms with Crippen LogP contribution in [0.1, 0.15) is 36.7 Å². The smallest absolute Gasteiger partial charge is 0.253 e. The van der Waals surface area contributed by atoms with E-state index >= 15 is 0 Å². The molecule has 0 bridgehead atoms. The molecule has 0 spiro atoms. The lowest BCUT2D eigenvalue weighted by Gasteiger charge is -2.42. The van der Waals surface area contributed by atoms with Gasteiger partial charge in [0.2, 0.25) is 0 Å². The lowest BCUT2D eigenvalue weighted by atomic mass is 10.0. The molecule has 4 nitrogen and oxygen atoms in total. The first-order chi connectivity index (χ1) is 9.82. The molecule has 0 aromatic heterocycles. The highest BCUT2D eigenvalue weighted by Gasteiger charge is 2.28. The molecule has 1 heterocycles. The van der Waals surface area contributed by atoms with E-state index in [1.165, 1.54) is 0 Å². The largest absolute Gasteiger partial charge is 0.388 e. The average molecular weight is 289 g/mol. The maximum absolute atomic E-state index is 12.6. The molecule has 1 aliphatic rings. The third-order valence-electron chi connectivity index (χ3n) is 4.26. The van der Waals surface area contributed by atoms with Crippen molar-refractivity contribution in [2.24, 2.45) is 0 Å². The van der Waals surface area contributed by atoms with E-state index < -0.39 is 0 Å². The van der Waals surface area contributed by atoms with Gasteiger partial charge in [-0.25, -0.2) is 0 Å². The fourth-order valence-corrected chi connectivity index (χ4v) is 2.84. The van der Waals surface area contributed by atoms with Crippen molar-refractivity contribution in [3.63, 3.8) is 0 Å². The van der Waals surface area contributed by atoms with Gasteiger partial charge in [-0.2, -0.15) is 0 Å². The van der Waals surface area contributed by atoms with Gasteiger partial charge in [-0.1, -0.05) is 0 Å². The van der Waals surface area contributed by atoms with E-state index in [1.54, 1.807) is 0 Å². The van der Waals surface area contributed by atoms with Gasteiger partial charge in [-0.3, -0.25) is 9.69 Å². The van der Waals surface area contributed by atoms with E-state index in [9.17, 15) is 4.79 Å². The average Bonchev–Trinajstić information content (AvgIpc) is 2.45. The van der Waals surface area contributed by atoms with E-state index in [1.807, 2.05) is 37.1 Å². The minimum Gasteiger partial charge on any atom is -0.388 e. The van der Waals surface area contributed by atoms with E-state index in [-0.39, 0.29) is 11.4 Å². The third kappa shape index (κ3) is 3.56. The Labute approximate surface area is 128 Å². The van der Waals surface area contributed by atoms with Crippen LogP contribution in [0.2, 0.25) is 0 Å². The normalized spacial score (nSPS) is 16.9. The van der Waals surface area contributed by atoms with Crippen LogP contribution in [0.4, 0.5) is 5.69 Å². The predicted octanol–water partition coefficient (Wildman–Crippen LogP) is 2.59. The summed E-state index contributed by atoms with van der Waals surface area (Å²) >= 11 is 0. The van der Waals surface area contributed by atoms with Crippen LogP contribution < -0.4 is 5.32 Å². The molecule has 0 radical (unpaired) electrons. The van der Waals surface area contributed by atoms with Gasteiger partial charge in [0.15, 0.2) is 0 Å². The van der Waals surface area contributed by atoms with Crippen molar-refractivity contribution in [1.29, 1.82) is 0 Å². The Balaban J connectivity index is 2.04. The highest BCUT2D eigenvalue weighted by Crippen LogP contribution is 2.20. The number of amides is 1. The molecule has 0 atom stereocenters. The molecule has 4 heteroatoms. The zero-order chi connectivity index (χ0) is 15.6. The molecule has 0 unspecified atom stereocenters. The Morgan fingerprint density at radius 3 is 2.24 bits per heavy atom. The Bertz CT molecular complexity index is 511. The lowest BCUT2D eigenvalue weighted by Crippen LogP contribution is -2.54. The zero-order valence-corrected chi connectivity index (χ0v) is 13.9. The predicted molar refractivity (Wildman–Crippen MR) is 88.0 cm³/mol. The van der Waals surface area contributed by atoms with Crippen molar-refractivity contribution in [3.05, 3.63) is 29.3 Å². The van der Waals surface area contributed by atoms with E-state index in [0.29, 0.717) is 0 Å². The van der Waals surface area contributed by atoms with Crippen LogP contribution in [0.5, 0.6) is 0 Å². The van der Waals surface area contributed by atoms with Gasteiger partial charge >= 0.3 is 0 Å². The number of anilines is 1. The molecule has 0 saturated carbocycles. The van der Waals surface area contributed by atoms with Crippen molar-refractivity contribution in [1.82, 2.24) is 9.80 Å². The number of carbonyl (C=O) groups is 1. The van der Waals surface area contributed by atoms with Crippen LogP contribution in [0.15, 0.2) is 18.2 Å². The molecule has 1 amide bonds. The molecule has 1 aromatic rings. The van der Waals surface area contributed by atoms with Crippen LogP contribution in [0.3, 0.4) is 0 Å². The monoisotopic (exact) mass is 289 g/mol. The standard InChI is InChI=1S/C17H27N3O/c1-13-12-14(6-7-15(13)18-5)16(21)19-8-10-20(11-9-19)17(2,3)4/h6-7,12,18H,8-11H2,1-5H3. The number of nitrogens with zero attached hydrogens (tertiary/aromatic N) is 2. The van der Waals surface area contributed by atoms with Gasteiger partial charge < -0.3 is 10.2 Å². The molecule has 1 N–H and O–H groups in total. The van der Waals surface area contributed by atoms with Gasteiger partial charge in [0.1, 0.15) is 0 Å². The summed E-state index contributed by atoms with van der Waals surface area (Å²) < 4.78 is 0. The van der Waals surface area contributed by atoms with Crippen molar-refractivity contribution >= 4 is 11.6 Å². The maximum Gasteiger partial charge on any atom is 0.253 e. The summed E-state index contributed by atoms with van der Waals surface area (Å²) in [4.78, 5) is 17.0. The van der Waals surface area contributed by atoms with Crippen molar-refractivity contribution in [2.75, 3.05) is 38.5 Å². The molecule has 2 rings (SSSR count). The number of hydrogen-bond acceptors (Lipinski definition) is 3. The first kappa shape index (κ1) is 15.8. The number of hydrogen-bond donors (Lipinski definition) is 1. The Morgan fingerprint density at radius 2 is 1.76 bits per heavy atom. The Morgan fingerprint density at radius 1 is 1.14 bits per heavy atom. The quantitative estimate of drug-likeness (QED) is 0.909. The van der Waals surface area contributed by atoms with Gasteiger partial charge in [0, 0.05) is 50.0 Å². The molecule has 0 aliphatic carbocycles. The van der Waals surface area contributed by atoms with Gasteiger partial charge in [0.25, 0.3) is 5.91 Å². The fraction of sp³-hybridized carbons (Fsp3) is 0.588. The summed E-state index contributed by atoms with van der Waals surface area (Å²) in [7, 11) is 1.90. The highest BCUT2D eigenvalue weighted by molar-refractivity contribution is 5.95. The molecule has 1 saturated heterocycles. The van der Waals surface area contributed by atoms with Gasteiger partial charge in [-0.05, 0) is 51.5 Å². The number of nitrogens with one attached hydrogen (secondary N) is 1. The van der Waals surface area contributed by atoms with Crippen LogP contribution in [0, 0.1) is 6.92 Å². The highest BCUT2D eigenvalue weighted by atomic mass is 16.2. The third-order valence-corrected chi connectivity index (χ3v) is 4.26. The Kier molecular flexibility index (Phi) is 4.57. The topological polar surface area (TPSA) is 35.6 Å². The van der Waals surface area contributed by atoms with Gasteiger partial charge in [-0.15, -0.1) is 0 Å². The molecule has 1 fully saturated rings. The van der Waals surface area contributed by atoms with E-state index in [0.717, 1.165) is 43.0 Å². The molecule has 116 valence electrons. The second kappa shape index (κ2) is 6.06. The summed E-state index contributed by atoms with van der Waals surface area (Å²) in [5.41, 5.74) is 3.15. The summed E-state index contributed by atoms with van der Waals surface area (Å²) in [6, 6.07) is 5.87. The number of benzene rings is 1. The summed E-state index contributed by atoms with van der Waals surface area (Å²) in [5, 5.41) is 3.13. The zero-order valence-electron chi connectivity index (χ0n) is 13.9. The minimum atomic E-state index is 0.148. The molecule has 1 aliphatic heterocycles. The van der Waals surface area contributed by atoms with Crippen LogP contribution in [0.25, 0.3) is 0 Å². The molecular formula is C17H27N3O. The number of piperazine rings is 1. The number of carbonyl (C=O) groups excluding carboxylic acids is 1. The van der Waals surface area contributed by atoms with Gasteiger partial charge in [0.05, 0.1) is 0 Å². The van der Waals surface area contributed by atoms with E-state index in [4.69, 9.17) is 0 Å². The Hall–Kier alpha value is -1.55. The summed E-state index contributed by atoms with van der Waals surface area (Å²) in [6.07, 6.45) is 0.